The van der Waals surface area contributed by atoms with E-state index in [1.807, 2.05) is 24.4 Å². The number of fused-ring (bicyclic) bond motifs is 2. The first kappa shape index (κ1) is 21.8. The normalized spacial score (nSPS) is 21.0. The average molecular weight is 442 g/mol. The Morgan fingerprint density at radius 3 is 2.58 bits per heavy atom. The minimum atomic E-state index is 0.0822. The molecule has 3 aromatic rings. The van der Waals surface area contributed by atoms with Crippen molar-refractivity contribution in [2.24, 2.45) is 5.92 Å². The molecule has 0 radical (unpaired) electrons. The number of hydrogen-bond donors (Lipinski definition) is 1. The van der Waals surface area contributed by atoms with Gasteiger partial charge in [0.1, 0.15) is 18.0 Å². The van der Waals surface area contributed by atoms with Crippen LogP contribution in [0.1, 0.15) is 61.6 Å². The Labute approximate surface area is 195 Å². The van der Waals surface area contributed by atoms with Gasteiger partial charge in [-0.05, 0) is 47.6 Å². The highest BCUT2D eigenvalue weighted by Crippen LogP contribution is 2.44. The van der Waals surface area contributed by atoms with Gasteiger partial charge < -0.3 is 4.98 Å². The van der Waals surface area contributed by atoms with Gasteiger partial charge in [-0.2, -0.15) is 0 Å². The van der Waals surface area contributed by atoms with Gasteiger partial charge in [-0.15, -0.1) is 0 Å². The van der Waals surface area contributed by atoms with E-state index in [-0.39, 0.29) is 17.4 Å². The van der Waals surface area contributed by atoms with Crippen molar-refractivity contribution in [2.75, 3.05) is 14.1 Å². The molecule has 2 aliphatic rings. The van der Waals surface area contributed by atoms with Crippen molar-refractivity contribution in [3.63, 3.8) is 0 Å². The van der Waals surface area contributed by atoms with Crippen molar-refractivity contribution in [3.8, 4) is 0 Å². The van der Waals surface area contributed by atoms with Gasteiger partial charge in [0, 0.05) is 23.9 Å². The molecule has 0 aliphatic heterocycles. The summed E-state index contributed by atoms with van der Waals surface area (Å²) in [4.78, 5) is 25.7. The summed E-state index contributed by atoms with van der Waals surface area (Å²) in [6, 6.07) is 10.5. The van der Waals surface area contributed by atoms with Crippen LogP contribution in [0.25, 0.3) is 16.6 Å². The zero-order valence-corrected chi connectivity index (χ0v) is 20.2. The molecule has 1 amide bonds. The molecule has 2 aliphatic carbocycles. The van der Waals surface area contributed by atoms with Gasteiger partial charge in [-0.3, -0.25) is 4.48 Å². The minimum Gasteiger partial charge on any atom is -0.346 e. The number of quaternary nitrogens is 1. The summed E-state index contributed by atoms with van der Waals surface area (Å²) in [7, 11) is 4.17. The average Bonchev–Trinajstić information content (AvgIpc) is 3.44. The largest absolute Gasteiger partial charge is 0.346 e. The number of benzene rings is 1. The predicted octanol–water partition coefficient (Wildman–Crippen LogP) is 5.66. The zero-order valence-electron chi connectivity index (χ0n) is 20.2. The molecule has 0 bridgehead atoms. The Morgan fingerprint density at radius 1 is 1.09 bits per heavy atom. The number of aromatic amines is 1. The molecule has 0 saturated heterocycles. The molecule has 5 rings (SSSR count). The quantitative estimate of drug-likeness (QED) is 0.533. The third kappa shape index (κ3) is 3.74. The third-order valence-corrected chi connectivity index (χ3v) is 7.58. The molecule has 1 N–H and O–H groups in total. The van der Waals surface area contributed by atoms with Crippen LogP contribution in [0.3, 0.4) is 0 Å². The van der Waals surface area contributed by atoms with Crippen LogP contribution in [0.15, 0.2) is 60.6 Å². The second-order valence-electron chi connectivity index (χ2n) is 11.0. The van der Waals surface area contributed by atoms with E-state index in [0.717, 1.165) is 41.6 Å². The minimum absolute atomic E-state index is 0.0822. The number of nitrogens with zero attached hydrogens (tertiary/aromatic N) is 3. The number of carbonyl (C=O) groups is 1. The molecule has 170 valence electrons. The number of allylic oxidation sites excluding steroid dienone is 3. The SMILES string of the molecule is CC(C)(C)c1ccc(C(=O)[N+](C)(C)C2CCC3=CC(c4ncnc5[nH]ccc45)=CCC32)cc1. The molecule has 2 aromatic heterocycles. The molecule has 1 fully saturated rings. The fourth-order valence-corrected chi connectivity index (χ4v) is 5.58. The first-order valence-corrected chi connectivity index (χ1v) is 11.8. The standard InChI is InChI=1S/C28H33N4O/c1-28(2,3)21-10-6-18(7-11-21)27(33)32(4,5)24-13-9-19-16-20(8-12-22(19)24)25-23-14-15-29-26(23)31-17-30-25/h6-8,10-11,14-17,22,24H,9,12-13H2,1-5H3,(H,29,30,31)/q+1. The molecule has 5 nitrogen and oxygen atoms in total. The number of aromatic nitrogens is 3. The van der Waals surface area contributed by atoms with Crippen LogP contribution >= 0.6 is 0 Å². The van der Waals surface area contributed by atoms with Crippen LogP contribution < -0.4 is 0 Å². The van der Waals surface area contributed by atoms with E-state index in [2.05, 4.69) is 74.1 Å². The van der Waals surface area contributed by atoms with E-state index in [9.17, 15) is 4.79 Å². The van der Waals surface area contributed by atoms with Gasteiger partial charge in [-0.1, -0.05) is 50.6 Å². The van der Waals surface area contributed by atoms with Crippen LogP contribution in [-0.4, -0.2) is 45.5 Å². The summed E-state index contributed by atoms with van der Waals surface area (Å²) in [6.45, 7) is 6.59. The first-order valence-electron chi connectivity index (χ1n) is 11.8. The second kappa shape index (κ2) is 7.77. The molecular weight excluding hydrogens is 408 g/mol. The van der Waals surface area contributed by atoms with E-state index >= 15 is 0 Å². The molecule has 1 aromatic carbocycles. The lowest BCUT2D eigenvalue weighted by molar-refractivity contribution is -0.837. The lowest BCUT2D eigenvalue weighted by Crippen LogP contribution is -2.54. The number of rotatable bonds is 3. The van der Waals surface area contributed by atoms with Gasteiger partial charge in [-0.25, -0.2) is 14.8 Å². The van der Waals surface area contributed by atoms with Crippen molar-refractivity contribution in [3.05, 3.63) is 77.4 Å². The summed E-state index contributed by atoms with van der Waals surface area (Å²) in [6.07, 6.45) is 11.1. The maximum Gasteiger partial charge on any atom is 0.345 e. The van der Waals surface area contributed by atoms with E-state index in [1.165, 1.54) is 16.7 Å². The summed E-state index contributed by atoms with van der Waals surface area (Å²) >= 11 is 0. The smallest absolute Gasteiger partial charge is 0.345 e. The number of amides is 1. The molecule has 0 spiro atoms. The van der Waals surface area contributed by atoms with Crippen LogP contribution in [-0.2, 0) is 5.41 Å². The Hall–Kier alpha value is -3.05. The first-order chi connectivity index (χ1) is 15.7. The Morgan fingerprint density at radius 2 is 1.85 bits per heavy atom. The summed E-state index contributed by atoms with van der Waals surface area (Å²) in [5, 5.41) is 1.05. The maximum atomic E-state index is 13.6. The lowest BCUT2D eigenvalue weighted by atomic mass is 9.85. The molecule has 2 heterocycles. The van der Waals surface area contributed by atoms with Crippen LogP contribution in [0.5, 0.6) is 0 Å². The summed E-state index contributed by atoms with van der Waals surface area (Å²) in [5.74, 6) is 0.589. The third-order valence-electron chi connectivity index (χ3n) is 7.58. The number of carbonyl (C=O) groups excluding carboxylic acids is 1. The van der Waals surface area contributed by atoms with Gasteiger partial charge in [0.25, 0.3) is 0 Å². The fraction of sp³-hybridized carbons (Fsp3) is 0.393. The van der Waals surface area contributed by atoms with Crippen LogP contribution in [0.2, 0.25) is 0 Å². The molecule has 1 saturated carbocycles. The maximum absolute atomic E-state index is 13.6. The number of nitrogens with one attached hydrogen (secondary N) is 1. The predicted molar refractivity (Wildman–Crippen MR) is 133 cm³/mol. The Kier molecular flexibility index (Phi) is 5.13. The highest BCUT2D eigenvalue weighted by atomic mass is 16.2. The van der Waals surface area contributed by atoms with E-state index in [0.29, 0.717) is 10.4 Å². The van der Waals surface area contributed by atoms with Gasteiger partial charge in [0.15, 0.2) is 0 Å². The zero-order chi connectivity index (χ0) is 23.4. The van der Waals surface area contributed by atoms with Crippen LogP contribution in [0, 0.1) is 5.92 Å². The van der Waals surface area contributed by atoms with Crippen molar-refractivity contribution in [1.29, 1.82) is 0 Å². The van der Waals surface area contributed by atoms with Crippen molar-refractivity contribution < 1.29 is 9.28 Å². The van der Waals surface area contributed by atoms with Gasteiger partial charge >= 0.3 is 5.91 Å². The Balaban J connectivity index is 1.38. The van der Waals surface area contributed by atoms with Gasteiger partial charge in [0.2, 0.25) is 0 Å². The molecular formula is C28H33N4O+. The van der Waals surface area contributed by atoms with E-state index in [4.69, 9.17) is 0 Å². The van der Waals surface area contributed by atoms with Crippen LogP contribution in [0.4, 0.5) is 0 Å². The van der Waals surface area contributed by atoms with E-state index in [1.54, 1.807) is 6.33 Å². The number of hydrogen-bond acceptors (Lipinski definition) is 3. The fourth-order valence-electron chi connectivity index (χ4n) is 5.58. The topological polar surface area (TPSA) is 58.6 Å². The van der Waals surface area contributed by atoms with Gasteiger partial charge in [0.05, 0.1) is 25.4 Å². The van der Waals surface area contributed by atoms with Crippen molar-refractivity contribution in [2.45, 2.75) is 51.5 Å². The summed E-state index contributed by atoms with van der Waals surface area (Å²) in [5.41, 5.74) is 6.60. The molecule has 2 atom stereocenters. The second-order valence-corrected chi connectivity index (χ2v) is 11.0. The highest BCUT2D eigenvalue weighted by molar-refractivity contribution is 5.91. The lowest BCUT2D eigenvalue weighted by Gasteiger charge is -2.37. The van der Waals surface area contributed by atoms with Crippen molar-refractivity contribution >= 4 is 22.5 Å². The molecule has 5 heteroatoms. The Bertz CT molecular complexity index is 1270. The van der Waals surface area contributed by atoms with Crippen molar-refractivity contribution in [1.82, 2.24) is 15.0 Å². The monoisotopic (exact) mass is 441 g/mol. The number of H-pyrrole nitrogens is 1. The highest BCUT2D eigenvalue weighted by Gasteiger charge is 2.46. The van der Waals surface area contributed by atoms with E-state index < -0.39 is 0 Å². The molecule has 2 unspecified atom stereocenters. The summed E-state index contributed by atoms with van der Waals surface area (Å²) < 4.78 is 0.385. The molecule has 33 heavy (non-hydrogen) atoms.